The highest BCUT2D eigenvalue weighted by molar-refractivity contribution is 7.99. The average Bonchev–Trinajstić information content (AvgIpc) is 2.59. The summed E-state index contributed by atoms with van der Waals surface area (Å²) < 4.78 is 5.44. The van der Waals surface area contributed by atoms with Gasteiger partial charge >= 0.3 is 5.97 Å². The summed E-state index contributed by atoms with van der Waals surface area (Å²) in [4.78, 5) is 24.1. The van der Waals surface area contributed by atoms with Crippen molar-refractivity contribution in [2.45, 2.75) is 64.2 Å². The van der Waals surface area contributed by atoms with Gasteiger partial charge in [0, 0.05) is 17.6 Å². The Labute approximate surface area is 156 Å². The Morgan fingerprint density at radius 3 is 2.64 bits per heavy atom. The van der Waals surface area contributed by atoms with E-state index in [4.69, 9.17) is 4.74 Å². The van der Waals surface area contributed by atoms with Crippen LogP contribution in [0.2, 0.25) is 0 Å². The first-order chi connectivity index (χ1) is 12.1. The minimum absolute atomic E-state index is 0.0962. The van der Waals surface area contributed by atoms with Crippen molar-refractivity contribution in [3.63, 3.8) is 0 Å². The molecule has 1 unspecified atom stereocenters. The smallest absolute Gasteiger partial charge is 0.306 e. The van der Waals surface area contributed by atoms with Crippen LogP contribution >= 0.6 is 11.8 Å². The summed E-state index contributed by atoms with van der Waals surface area (Å²) >= 11 is 1.56. The van der Waals surface area contributed by atoms with Gasteiger partial charge in [-0.15, -0.1) is 11.8 Å². The SMILES string of the molecule is CCCCCC(CC)COC(=O)CCSc1ccccc1NC(C)=O. The summed E-state index contributed by atoms with van der Waals surface area (Å²) in [5, 5.41) is 2.81. The molecule has 0 aromatic heterocycles. The van der Waals surface area contributed by atoms with Gasteiger partial charge in [-0.1, -0.05) is 51.7 Å². The van der Waals surface area contributed by atoms with Crippen LogP contribution in [0.3, 0.4) is 0 Å². The second kappa shape index (κ2) is 12.8. The molecule has 0 aliphatic rings. The summed E-state index contributed by atoms with van der Waals surface area (Å²) in [7, 11) is 0. The molecule has 140 valence electrons. The molecule has 1 aromatic rings. The predicted octanol–water partition coefficient (Wildman–Crippen LogP) is 5.28. The third-order valence-electron chi connectivity index (χ3n) is 4.03. The summed E-state index contributed by atoms with van der Waals surface area (Å²) in [5.74, 6) is 0.880. The second-order valence-corrected chi connectivity index (χ2v) is 7.37. The van der Waals surface area contributed by atoms with Crippen LogP contribution < -0.4 is 5.32 Å². The molecule has 1 aromatic carbocycles. The third kappa shape index (κ3) is 9.54. The highest BCUT2D eigenvalue weighted by Crippen LogP contribution is 2.27. The third-order valence-corrected chi connectivity index (χ3v) is 5.11. The molecule has 0 saturated carbocycles. The number of carbonyl (C=O) groups is 2. The number of hydrogen-bond donors (Lipinski definition) is 1. The number of anilines is 1. The Kier molecular flexibility index (Phi) is 11.0. The standard InChI is InChI=1S/C20H31NO3S/c1-4-6-7-10-17(5-2)15-24-20(23)13-14-25-19-12-9-8-11-18(19)21-16(3)22/h8-9,11-12,17H,4-7,10,13-15H2,1-3H3,(H,21,22). The molecule has 1 atom stereocenters. The summed E-state index contributed by atoms with van der Waals surface area (Å²) in [6.45, 7) is 6.37. The van der Waals surface area contributed by atoms with Crippen molar-refractivity contribution in [1.29, 1.82) is 0 Å². The van der Waals surface area contributed by atoms with Crippen molar-refractivity contribution in [3.8, 4) is 0 Å². The van der Waals surface area contributed by atoms with Gasteiger partial charge in [-0.3, -0.25) is 9.59 Å². The van der Waals surface area contributed by atoms with E-state index in [1.807, 2.05) is 24.3 Å². The van der Waals surface area contributed by atoms with Crippen LogP contribution in [0.5, 0.6) is 0 Å². The number of benzene rings is 1. The number of unbranched alkanes of at least 4 members (excludes halogenated alkanes) is 2. The van der Waals surface area contributed by atoms with Gasteiger partial charge in [-0.25, -0.2) is 0 Å². The molecular weight excluding hydrogens is 334 g/mol. The Morgan fingerprint density at radius 2 is 1.96 bits per heavy atom. The largest absolute Gasteiger partial charge is 0.465 e. The quantitative estimate of drug-likeness (QED) is 0.311. The minimum atomic E-state index is -0.140. The summed E-state index contributed by atoms with van der Waals surface area (Å²) in [6.07, 6.45) is 6.24. The topological polar surface area (TPSA) is 55.4 Å². The predicted molar refractivity (Wildman–Crippen MR) is 105 cm³/mol. The van der Waals surface area contributed by atoms with Crippen LogP contribution in [0.15, 0.2) is 29.2 Å². The maximum atomic E-state index is 11.9. The number of thioether (sulfide) groups is 1. The maximum absolute atomic E-state index is 11.9. The number of amides is 1. The number of nitrogens with one attached hydrogen (secondary N) is 1. The molecule has 0 saturated heterocycles. The highest BCUT2D eigenvalue weighted by atomic mass is 32.2. The monoisotopic (exact) mass is 365 g/mol. The van der Waals surface area contributed by atoms with Crippen molar-refractivity contribution >= 4 is 29.3 Å². The molecule has 1 rings (SSSR count). The van der Waals surface area contributed by atoms with Crippen LogP contribution in [0.1, 0.15) is 59.3 Å². The second-order valence-electron chi connectivity index (χ2n) is 6.23. The lowest BCUT2D eigenvalue weighted by molar-refractivity contribution is -0.144. The molecule has 4 nitrogen and oxygen atoms in total. The van der Waals surface area contributed by atoms with Gasteiger partial charge in [0.15, 0.2) is 0 Å². The number of para-hydroxylation sites is 1. The lowest BCUT2D eigenvalue weighted by Gasteiger charge is -2.15. The Bertz CT molecular complexity index is 533. The summed E-state index contributed by atoms with van der Waals surface area (Å²) in [6, 6.07) is 7.62. The maximum Gasteiger partial charge on any atom is 0.306 e. The Morgan fingerprint density at radius 1 is 1.20 bits per heavy atom. The zero-order valence-electron chi connectivity index (χ0n) is 15.7. The van der Waals surface area contributed by atoms with E-state index in [-0.39, 0.29) is 11.9 Å². The average molecular weight is 366 g/mol. The molecule has 0 spiro atoms. The van der Waals surface area contributed by atoms with Crippen molar-refractivity contribution in [2.24, 2.45) is 5.92 Å². The van der Waals surface area contributed by atoms with Crippen LogP contribution in [-0.4, -0.2) is 24.2 Å². The van der Waals surface area contributed by atoms with Crippen LogP contribution in [-0.2, 0) is 14.3 Å². The van der Waals surface area contributed by atoms with Crippen molar-refractivity contribution in [2.75, 3.05) is 17.7 Å². The number of esters is 1. The Hall–Kier alpha value is -1.49. The molecule has 0 radical (unpaired) electrons. The molecule has 1 N–H and O–H groups in total. The van der Waals surface area contributed by atoms with Crippen molar-refractivity contribution < 1.29 is 14.3 Å². The van der Waals surface area contributed by atoms with Gasteiger partial charge in [0.25, 0.3) is 0 Å². The van der Waals surface area contributed by atoms with Crippen LogP contribution in [0.4, 0.5) is 5.69 Å². The molecule has 0 aliphatic carbocycles. The molecular formula is C20H31NO3S. The number of hydrogen-bond acceptors (Lipinski definition) is 4. The van der Waals surface area contributed by atoms with Crippen molar-refractivity contribution in [3.05, 3.63) is 24.3 Å². The van der Waals surface area contributed by atoms with Gasteiger partial charge in [-0.05, 0) is 24.5 Å². The van der Waals surface area contributed by atoms with Gasteiger partial charge < -0.3 is 10.1 Å². The minimum Gasteiger partial charge on any atom is -0.465 e. The van der Waals surface area contributed by atoms with Crippen LogP contribution in [0, 0.1) is 5.92 Å². The highest BCUT2D eigenvalue weighted by Gasteiger charge is 2.11. The van der Waals surface area contributed by atoms with Gasteiger partial charge in [-0.2, -0.15) is 0 Å². The van der Waals surface area contributed by atoms with E-state index < -0.39 is 0 Å². The molecule has 5 heteroatoms. The fraction of sp³-hybridized carbons (Fsp3) is 0.600. The molecule has 0 aliphatic heterocycles. The molecule has 0 fully saturated rings. The fourth-order valence-corrected chi connectivity index (χ4v) is 3.44. The first-order valence-electron chi connectivity index (χ1n) is 9.21. The van der Waals surface area contributed by atoms with Gasteiger partial charge in [0.2, 0.25) is 5.91 Å². The van der Waals surface area contributed by atoms with E-state index in [1.54, 1.807) is 11.8 Å². The fourth-order valence-electron chi connectivity index (χ4n) is 2.50. The normalized spacial score (nSPS) is 11.8. The Balaban J connectivity index is 2.31. The van der Waals surface area contributed by atoms with E-state index in [9.17, 15) is 9.59 Å². The lowest BCUT2D eigenvalue weighted by atomic mass is 10.00. The molecule has 0 heterocycles. The van der Waals surface area contributed by atoms with E-state index in [1.165, 1.54) is 26.2 Å². The lowest BCUT2D eigenvalue weighted by Crippen LogP contribution is -2.14. The summed E-state index contributed by atoms with van der Waals surface area (Å²) in [5.41, 5.74) is 0.787. The van der Waals surface area contributed by atoms with Crippen molar-refractivity contribution in [1.82, 2.24) is 0 Å². The zero-order chi connectivity index (χ0) is 18.5. The van der Waals surface area contributed by atoms with E-state index in [2.05, 4.69) is 19.2 Å². The van der Waals surface area contributed by atoms with Gasteiger partial charge in [0.05, 0.1) is 18.7 Å². The first kappa shape index (κ1) is 21.6. The van der Waals surface area contributed by atoms with E-state index in [0.29, 0.717) is 24.7 Å². The number of rotatable bonds is 12. The number of ether oxygens (including phenoxy) is 1. The van der Waals surface area contributed by atoms with Gasteiger partial charge in [0.1, 0.15) is 0 Å². The number of carbonyl (C=O) groups excluding carboxylic acids is 2. The molecule has 1 amide bonds. The van der Waals surface area contributed by atoms with E-state index >= 15 is 0 Å². The zero-order valence-corrected chi connectivity index (χ0v) is 16.5. The molecule has 0 bridgehead atoms. The van der Waals surface area contributed by atoms with Crippen LogP contribution in [0.25, 0.3) is 0 Å². The first-order valence-corrected chi connectivity index (χ1v) is 10.2. The molecule has 25 heavy (non-hydrogen) atoms. The van der Waals surface area contributed by atoms with E-state index in [0.717, 1.165) is 23.4 Å².